The Morgan fingerprint density at radius 3 is 2.65 bits per heavy atom. The molecule has 0 amide bonds. The van der Waals surface area contributed by atoms with Gasteiger partial charge in [0, 0.05) is 27.1 Å². The lowest BCUT2D eigenvalue weighted by atomic mass is 10.3. The number of furan rings is 2. The molecule has 0 aliphatic heterocycles. The van der Waals surface area contributed by atoms with E-state index in [1.165, 1.54) is 20.2 Å². The maximum atomic E-state index is 11.8. The summed E-state index contributed by atoms with van der Waals surface area (Å²) in [5.41, 5.74) is 0. The van der Waals surface area contributed by atoms with E-state index in [-0.39, 0.29) is 5.09 Å². The molecule has 0 saturated heterocycles. The zero-order valence-corrected chi connectivity index (χ0v) is 12.3. The number of hydrogen-bond acceptors (Lipinski definition) is 5. The number of nitrogens with zero attached hydrogens (tertiary/aromatic N) is 1. The van der Waals surface area contributed by atoms with Crippen LogP contribution in [0.3, 0.4) is 0 Å². The summed E-state index contributed by atoms with van der Waals surface area (Å²) in [6.07, 6.45) is 2.41. The third-order valence-corrected chi connectivity index (χ3v) is 4.49. The van der Waals surface area contributed by atoms with Crippen LogP contribution in [0, 0.1) is 0 Å². The van der Waals surface area contributed by atoms with Crippen LogP contribution in [0.1, 0.15) is 11.5 Å². The van der Waals surface area contributed by atoms with Crippen molar-refractivity contribution in [3.8, 4) is 0 Å². The SMILES string of the molecule is CN(C)S(=O)(=O)c1ccc(CNCCc2ccco2)o1. The van der Waals surface area contributed by atoms with Crippen LogP contribution in [-0.4, -0.2) is 33.4 Å². The van der Waals surface area contributed by atoms with E-state index in [2.05, 4.69) is 5.32 Å². The molecule has 2 rings (SSSR count). The molecule has 110 valence electrons. The number of hydrogen-bond donors (Lipinski definition) is 1. The maximum absolute atomic E-state index is 11.8. The van der Waals surface area contributed by atoms with Crippen molar-refractivity contribution in [3.63, 3.8) is 0 Å². The fraction of sp³-hybridized carbons (Fsp3) is 0.385. The van der Waals surface area contributed by atoms with Crippen molar-refractivity contribution in [3.05, 3.63) is 42.0 Å². The van der Waals surface area contributed by atoms with E-state index in [1.54, 1.807) is 12.3 Å². The van der Waals surface area contributed by atoms with E-state index in [1.807, 2.05) is 12.1 Å². The zero-order valence-electron chi connectivity index (χ0n) is 11.5. The van der Waals surface area contributed by atoms with Crippen LogP contribution in [0.25, 0.3) is 0 Å². The third-order valence-electron chi connectivity index (χ3n) is 2.80. The summed E-state index contributed by atoms with van der Waals surface area (Å²) in [5, 5.41) is 3.14. The summed E-state index contributed by atoms with van der Waals surface area (Å²) in [7, 11) is -0.556. The van der Waals surface area contributed by atoms with Gasteiger partial charge in [-0.2, -0.15) is 0 Å². The number of rotatable bonds is 7. The molecule has 2 heterocycles. The monoisotopic (exact) mass is 298 g/mol. The smallest absolute Gasteiger partial charge is 0.275 e. The predicted molar refractivity (Wildman–Crippen MR) is 73.7 cm³/mol. The first-order chi connectivity index (χ1) is 9.50. The Morgan fingerprint density at radius 2 is 2.00 bits per heavy atom. The first-order valence-electron chi connectivity index (χ1n) is 6.24. The third kappa shape index (κ3) is 3.50. The van der Waals surface area contributed by atoms with Gasteiger partial charge in [0.05, 0.1) is 12.8 Å². The second-order valence-electron chi connectivity index (χ2n) is 4.51. The highest BCUT2D eigenvalue weighted by atomic mass is 32.2. The van der Waals surface area contributed by atoms with E-state index in [4.69, 9.17) is 8.83 Å². The van der Waals surface area contributed by atoms with Gasteiger partial charge in [-0.25, -0.2) is 12.7 Å². The van der Waals surface area contributed by atoms with Gasteiger partial charge in [-0.05, 0) is 24.3 Å². The quantitative estimate of drug-likeness (QED) is 0.783. The van der Waals surface area contributed by atoms with Crippen LogP contribution in [0.4, 0.5) is 0 Å². The lowest BCUT2D eigenvalue weighted by Gasteiger charge is -2.07. The molecule has 0 unspecified atom stereocenters. The van der Waals surface area contributed by atoms with Gasteiger partial charge < -0.3 is 14.2 Å². The molecule has 7 heteroatoms. The Bertz CT molecular complexity index is 629. The van der Waals surface area contributed by atoms with E-state index in [9.17, 15) is 8.42 Å². The first-order valence-corrected chi connectivity index (χ1v) is 7.68. The lowest BCUT2D eigenvalue weighted by Crippen LogP contribution is -2.21. The predicted octanol–water partition coefficient (Wildman–Crippen LogP) is 1.46. The molecule has 0 aromatic carbocycles. The van der Waals surface area contributed by atoms with Gasteiger partial charge in [0.25, 0.3) is 10.0 Å². The highest BCUT2D eigenvalue weighted by Gasteiger charge is 2.21. The average Bonchev–Trinajstić information content (AvgIpc) is 3.06. The van der Waals surface area contributed by atoms with Crippen LogP contribution in [0.15, 0.2) is 44.5 Å². The minimum atomic E-state index is -3.50. The van der Waals surface area contributed by atoms with E-state index < -0.39 is 10.0 Å². The molecule has 2 aromatic rings. The van der Waals surface area contributed by atoms with Crippen molar-refractivity contribution in [2.45, 2.75) is 18.1 Å². The molecular weight excluding hydrogens is 280 g/mol. The van der Waals surface area contributed by atoms with Gasteiger partial charge in [0.1, 0.15) is 11.5 Å². The Balaban J connectivity index is 1.84. The molecule has 0 atom stereocenters. The molecule has 0 aliphatic carbocycles. The number of sulfonamides is 1. The summed E-state index contributed by atoms with van der Waals surface area (Å²) in [5.74, 6) is 1.50. The van der Waals surface area contributed by atoms with Crippen molar-refractivity contribution >= 4 is 10.0 Å². The molecule has 0 spiro atoms. The van der Waals surface area contributed by atoms with Crippen LogP contribution >= 0.6 is 0 Å². The summed E-state index contributed by atoms with van der Waals surface area (Å²) in [6.45, 7) is 1.20. The highest BCUT2D eigenvalue weighted by molar-refractivity contribution is 7.88. The summed E-state index contributed by atoms with van der Waals surface area (Å²) in [4.78, 5) is 0. The minimum Gasteiger partial charge on any atom is -0.469 e. The summed E-state index contributed by atoms with van der Waals surface area (Å²) < 4.78 is 35.3. The van der Waals surface area contributed by atoms with Crippen molar-refractivity contribution in [1.82, 2.24) is 9.62 Å². The largest absolute Gasteiger partial charge is 0.469 e. The van der Waals surface area contributed by atoms with E-state index >= 15 is 0 Å². The molecule has 0 saturated carbocycles. The van der Waals surface area contributed by atoms with Gasteiger partial charge >= 0.3 is 0 Å². The molecule has 0 bridgehead atoms. The second-order valence-corrected chi connectivity index (χ2v) is 6.60. The van der Waals surface area contributed by atoms with Gasteiger partial charge in [-0.15, -0.1) is 0 Å². The summed E-state index contributed by atoms with van der Waals surface area (Å²) >= 11 is 0. The van der Waals surface area contributed by atoms with Gasteiger partial charge in [-0.3, -0.25) is 0 Å². The molecule has 1 N–H and O–H groups in total. The molecule has 20 heavy (non-hydrogen) atoms. The van der Waals surface area contributed by atoms with Crippen molar-refractivity contribution in [2.75, 3.05) is 20.6 Å². The van der Waals surface area contributed by atoms with Crippen LogP contribution in [-0.2, 0) is 23.0 Å². The van der Waals surface area contributed by atoms with Crippen molar-refractivity contribution in [1.29, 1.82) is 0 Å². The normalized spacial score (nSPS) is 12.2. The van der Waals surface area contributed by atoms with Crippen LogP contribution in [0.2, 0.25) is 0 Å². The Labute approximate surface area is 118 Å². The van der Waals surface area contributed by atoms with Crippen molar-refractivity contribution in [2.24, 2.45) is 0 Å². The van der Waals surface area contributed by atoms with Crippen LogP contribution < -0.4 is 5.32 Å². The van der Waals surface area contributed by atoms with E-state index in [0.29, 0.717) is 12.3 Å². The zero-order chi connectivity index (χ0) is 14.6. The first kappa shape index (κ1) is 14.8. The molecule has 0 fully saturated rings. The molecule has 0 radical (unpaired) electrons. The topological polar surface area (TPSA) is 75.7 Å². The fourth-order valence-corrected chi connectivity index (χ4v) is 2.46. The Morgan fingerprint density at radius 1 is 1.20 bits per heavy atom. The average molecular weight is 298 g/mol. The lowest BCUT2D eigenvalue weighted by molar-refractivity contribution is 0.388. The molecule has 2 aromatic heterocycles. The van der Waals surface area contributed by atoms with Gasteiger partial charge in [0.15, 0.2) is 0 Å². The molecule has 0 aliphatic rings. The Hall–Kier alpha value is -1.57. The van der Waals surface area contributed by atoms with Gasteiger partial charge in [0.2, 0.25) is 5.09 Å². The summed E-state index contributed by atoms with van der Waals surface area (Å²) in [6, 6.07) is 6.89. The molecular formula is C13H18N2O4S. The van der Waals surface area contributed by atoms with Crippen LogP contribution in [0.5, 0.6) is 0 Å². The van der Waals surface area contributed by atoms with Crippen molar-refractivity contribution < 1.29 is 17.3 Å². The standard InChI is InChI=1S/C13H18N2O4S/c1-15(2)20(16,17)13-6-5-12(19-13)10-14-8-7-11-4-3-9-18-11/h3-6,9,14H,7-8,10H2,1-2H3. The highest BCUT2D eigenvalue weighted by Crippen LogP contribution is 2.16. The number of nitrogens with one attached hydrogen (secondary N) is 1. The maximum Gasteiger partial charge on any atom is 0.275 e. The second kappa shape index (κ2) is 6.25. The minimum absolute atomic E-state index is 0.0367. The molecule has 6 nitrogen and oxygen atoms in total. The van der Waals surface area contributed by atoms with E-state index in [0.717, 1.165) is 23.0 Å². The Kier molecular flexibility index (Phi) is 4.64. The van der Waals surface area contributed by atoms with Gasteiger partial charge in [-0.1, -0.05) is 0 Å². The fourth-order valence-electron chi connectivity index (χ4n) is 1.65.